The first-order valence-corrected chi connectivity index (χ1v) is 9.42. The van der Waals surface area contributed by atoms with Gasteiger partial charge in [0.2, 0.25) is 11.8 Å². The van der Waals surface area contributed by atoms with E-state index in [1.807, 2.05) is 55.5 Å². The molecule has 1 fully saturated rings. The Morgan fingerprint density at radius 2 is 1.81 bits per heavy atom. The SMILES string of the molecule is CCOc1ccc(N2CC(C(=O)Nc3ccc(C(C)C)cc3)CC2=O)cc1. The molecule has 0 aromatic heterocycles. The largest absolute Gasteiger partial charge is 0.494 e. The second kappa shape index (κ2) is 8.25. The number of rotatable bonds is 6. The minimum absolute atomic E-state index is 0.0329. The van der Waals surface area contributed by atoms with Gasteiger partial charge in [0.15, 0.2) is 0 Å². The zero-order chi connectivity index (χ0) is 19.4. The number of hydrogen-bond acceptors (Lipinski definition) is 3. The number of amides is 2. The highest BCUT2D eigenvalue weighted by Gasteiger charge is 2.35. The van der Waals surface area contributed by atoms with E-state index in [0.717, 1.165) is 17.1 Å². The summed E-state index contributed by atoms with van der Waals surface area (Å²) in [4.78, 5) is 26.6. The van der Waals surface area contributed by atoms with Gasteiger partial charge in [-0.15, -0.1) is 0 Å². The van der Waals surface area contributed by atoms with Crippen LogP contribution < -0.4 is 15.0 Å². The van der Waals surface area contributed by atoms with E-state index < -0.39 is 0 Å². The Kier molecular flexibility index (Phi) is 5.79. The summed E-state index contributed by atoms with van der Waals surface area (Å²) in [6.07, 6.45) is 0.225. The van der Waals surface area contributed by atoms with E-state index in [1.165, 1.54) is 5.56 Å². The number of nitrogens with zero attached hydrogens (tertiary/aromatic N) is 1. The molecule has 142 valence electrons. The van der Waals surface area contributed by atoms with E-state index in [1.54, 1.807) is 4.90 Å². The molecule has 1 aliphatic heterocycles. The van der Waals surface area contributed by atoms with Gasteiger partial charge in [-0.2, -0.15) is 0 Å². The number of hydrogen-bond donors (Lipinski definition) is 1. The van der Waals surface area contributed by atoms with E-state index in [2.05, 4.69) is 19.2 Å². The summed E-state index contributed by atoms with van der Waals surface area (Å²) in [6, 6.07) is 15.3. The number of anilines is 2. The van der Waals surface area contributed by atoms with Crippen LogP contribution in [0.15, 0.2) is 48.5 Å². The molecule has 0 radical (unpaired) electrons. The molecule has 27 heavy (non-hydrogen) atoms. The second-order valence-electron chi connectivity index (χ2n) is 7.10. The molecule has 0 saturated carbocycles. The number of nitrogens with one attached hydrogen (secondary N) is 1. The van der Waals surface area contributed by atoms with Gasteiger partial charge >= 0.3 is 0 Å². The van der Waals surface area contributed by atoms with Gasteiger partial charge in [-0.25, -0.2) is 0 Å². The normalized spacial score (nSPS) is 16.7. The van der Waals surface area contributed by atoms with Crippen LogP contribution in [0.5, 0.6) is 5.75 Å². The minimum Gasteiger partial charge on any atom is -0.494 e. The lowest BCUT2D eigenvalue weighted by atomic mass is 10.0. The van der Waals surface area contributed by atoms with E-state index in [9.17, 15) is 9.59 Å². The lowest BCUT2D eigenvalue weighted by Gasteiger charge is -2.17. The molecule has 1 heterocycles. The Morgan fingerprint density at radius 1 is 1.15 bits per heavy atom. The van der Waals surface area contributed by atoms with Crippen molar-refractivity contribution in [1.82, 2.24) is 0 Å². The first-order chi connectivity index (χ1) is 13.0. The molecule has 2 aromatic rings. The summed E-state index contributed by atoms with van der Waals surface area (Å²) < 4.78 is 5.43. The highest BCUT2D eigenvalue weighted by atomic mass is 16.5. The van der Waals surface area contributed by atoms with Crippen molar-refractivity contribution >= 4 is 23.2 Å². The molecule has 1 atom stereocenters. The summed E-state index contributed by atoms with van der Waals surface area (Å²) in [5.74, 6) is 0.717. The lowest BCUT2D eigenvalue weighted by molar-refractivity contribution is -0.122. The van der Waals surface area contributed by atoms with E-state index in [-0.39, 0.29) is 24.2 Å². The predicted octanol–water partition coefficient (Wildman–Crippen LogP) is 4.20. The Labute approximate surface area is 160 Å². The van der Waals surface area contributed by atoms with Crippen LogP contribution >= 0.6 is 0 Å². The molecule has 0 bridgehead atoms. The molecule has 1 aliphatic rings. The molecule has 1 N–H and O–H groups in total. The summed E-state index contributed by atoms with van der Waals surface area (Å²) in [7, 11) is 0. The first kappa shape index (κ1) is 19.0. The molecule has 3 rings (SSSR count). The molecule has 5 heteroatoms. The quantitative estimate of drug-likeness (QED) is 0.833. The Hall–Kier alpha value is -2.82. The number of carbonyl (C=O) groups is 2. The van der Waals surface area contributed by atoms with E-state index in [4.69, 9.17) is 4.74 Å². The molecule has 1 unspecified atom stereocenters. The summed E-state index contributed by atoms with van der Waals surface area (Å²) in [5, 5.41) is 2.93. The zero-order valence-electron chi connectivity index (χ0n) is 16.1. The number of ether oxygens (including phenoxy) is 1. The van der Waals surface area contributed by atoms with Crippen molar-refractivity contribution in [3.05, 3.63) is 54.1 Å². The highest BCUT2D eigenvalue weighted by molar-refractivity contribution is 6.03. The molecular formula is C22H26N2O3. The van der Waals surface area contributed by atoms with Gasteiger partial charge in [-0.3, -0.25) is 9.59 Å². The summed E-state index contributed by atoms with van der Waals surface area (Å²) in [6.45, 7) is 7.18. The van der Waals surface area contributed by atoms with Crippen LogP contribution in [0.2, 0.25) is 0 Å². The highest BCUT2D eigenvalue weighted by Crippen LogP contribution is 2.28. The van der Waals surface area contributed by atoms with Gasteiger partial charge in [-0.1, -0.05) is 26.0 Å². The Balaban J connectivity index is 1.63. The van der Waals surface area contributed by atoms with Crippen molar-refractivity contribution in [2.45, 2.75) is 33.1 Å². The fourth-order valence-corrected chi connectivity index (χ4v) is 3.22. The van der Waals surface area contributed by atoms with Gasteiger partial charge in [0, 0.05) is 24.3 Å². The fourth-order valence-electron chi connectivity index (χ4n) is 3.22. The van der Waals surface area contributed by atoms with Gasteiger partial charge in [-0.05, 0) is 54.8 Å². The van der Waals surface area contributed by atoms with Crippen LogP contribution in [-0.4, -0.2) is 25.0 Å². The molecular weight excluding hydrogens is 340 g/mol. The topological polar surface area (TPSA) is 58.6 Å². The number of carbonyl (C=O) groups excluding carboxylic acids is 2. The van der Waals surface area contributed by atoms with Crippen LogP contribution in [0.1, 0.15) is 38.7 Å². The predicted molar refractivity (Wildman–Crippen MR) is 107 cm³/mol. The van der Waals surface area contributed by atoms with Crippen molar-refractivity contribution in [2.24, 2.45) is 5.92 Å². The smallest absolute Gasteiger partial charge is 0.229 e. The molecule has 2 amide bonds. The van der Waals surface area contributed by atoms with Gasteiger partial charge in [0.1, 0.15) is 5.75 Å². The molecule has 2 aromatic carbocycles. The Bertz CT molecular complexity index is 797. The van der Waals surface area contributed by atoms with Crippen LogP contribution in [0.25, 0.3) is 0 Å². The van der Waals surface area contributed by atoms with Crippen LogP contribution in [0.4, 0.5) is 11.4 Å². The molecule has 0 aliphatic carbocycles. The van der Waals surface area contributed by atoms with Crippen LogP contribution in [-0.2, 0) is 9.59 Å². The van der Waals surface area contributed by atoms with Gasteiger partial charge < -0.3 is 15.0 Å². The standard InChI is InChI=1S/C22H26N2O3/c1-4-27-20-11-9-19(10-12-20)24-14-17(13-21(24)25)22(26)23-18-7-5-16(6-8-18)15(2)3/h5-12,15,17H,4,13-14H2,1-3H3,(H,23,26). The third-order valence-corrected chi connectivity index (χ3v) is 4.80. The van der Waals surface area contributed by atoms with Crippen LogP contribution in [0, 0.1) is 5.92 Å². The Morgan fingerprint density at radius 3 is 2.41 bits per heavy atom. The average Bonchev–Trinajstić information content (AvgIpc) is 3.05. The maximum Gasteiger partial charge on any atom is 0.229 e. The minimum atomic E-state index is -0.353. The zero-order valence-corrected chi connectivity index (χ0v) is 16.1. The third-order valence-electron chi connectivity index (χ3n) is 4.80. The van der Waals surface area contributed by atoms with Crippen molar-refractivity contribution in [2.75, 3.05) is 23.4 Å². The van der Waals surface area contributed by atoms with Crippen LogP contribution in [0.3, 0.4) is 0 Å². The lowest BCUT2D eigenvalue weighted by Crippen LogP contribution is -2.28. The van der Waals surface area contributed by atoms with E-state index in [0.29, 0.717) is 19.1 Å². The van der Waals surface area contributed by atoms with Crippen molar-refractivity contribution < 1.29 is 14.3 Å². The van der Waals surface area contributed by atoms with E-state index >= 15 is 0 Å². The van der Waals surface area contributed by atoms with Crippen molar-refractivity contribution in [1.29, 1.82) is 0 Å². The maximum absolute atomic E-state index is 12.6. The maximum atomic E-state index is 12.6. The van der Waals surface area contributed by atoms with Gasteiger partial charge in [0.05, 0.1) is 12.5 Å². The van der Waals surface area contributed by atoms with Gasteiger partial charge in [0.25, 0.3) is 0 Å². The van der Waals surface area contributed by atoms with Crippen molar-refractivity contribution in [3.63, 3.8) is 0 Å². The average molecular weight is 366 g/mol. The molecule has 5 nitrogen and oxygen atoms in total. The monoisotopic (exact) mass is 366 g/mol. The third kappa shape index (κ3) is 4.48. The molecule has 1 saturated heterocycles. The fraction of sp³-hybridized carbons (Fsp3) is 0.364. The summed E-state index contributed by atoms with van der Waals surface area (Å²) >= 11 is 0. The first-order valence-electron chi connectivity index (χ1n) is 9.42. The number of benzene rings is 2. The second-order valence-corrected chi connectivity index (χ2v) is 7.10. The summed E-state index contributed by atoms with van der Waals surface area (Å²) in [5.41, 5.74) is 2.78. The molecule has 0 spiro atoms. The van der Waals surface area contributed by atoms with Crippen molar-refractivity contribution in [3.8, 4) is 5.75 Å².